The topological polar surface area (TPSA) is 121 Å². The monoisotopic (exact) mass is 464 g/mol. The fraction of sp³-hybridized carbons (Fsp3) is 0.654. The van der Waals surface area contributed by atoms with Crippen LogP contribution in [0.1, 0.15) is 118 Å². The van der Waals surface area contributed by atoms with Crippen LogP contribution in [0, 0.1) is 0 Å². The van der Waals surface area contributed by atoms with E-state index < -0.39 is 30.1 Å². The maximum Gasteiger partial charge on any atom is 0.338 e. The zero-order chi connectivity index (χ0) is 24.5. The molecule has 7 heteroatoms. The smallest absolute Gasteiger partial charge is 0.338 e. The van der Waals surface area contributed by atoms with Gasteiger partial charge in [-0.15, -0.1) is 0 Å². The van der Waals surface area contributed by atoms with Crippen molar-refractivity contribution >= 4 is 17.9 Å². The van der Waals surface area contributed by atoms with Gasteiger partial charge < -0.3 is 20.1 Å². The highest BCUT2D eigenvalue weighted by Crippen LogP contribution is 2.19. The number of rotatable bonds is 19. The molecule has 0 radical (unpaired) electrons. The second-order valence-electron chi connectivity index (χ2n) is 8.65. The van der Waals surface area contributed by atoms with Gasteiger partial charge in [-0.3, -0.25) is 4.79 Å². The van der Waals surface area contributed by atoms with Crippen LogP contribution >= 0.6 is 0 Å². The Labute approximate surface area is 197 Å². The lowest BCUT2D eigenvalue weighted by atomic mass is 9.99. The van der Waals surface area contributed by atoms with E-state index in [-0.39, 0.29) is 17.5 Å². The lowest BCUT2D eigenvalue weighted by Gasteiger charge is -2.23. The highest BCUT2D eigenvalue weighted by Gasteiger charge is 2.23. The van der Waals surface area contributed by atoms with Crippen LogP contribution in [0.4, 0.5) is 0 Å². The number of esters is 1. The first-order chi connectivity index (χ1) is 15.8. The predicted octanol–water partition coefficient (Wildman–Crippen LogP) is 5.84. The molecule has 1 aromatic carbocycles. The Hall–Kier alpha value is -2.41. The highest BCUT2D eigenvalue weighted by molar-refractivity contribution is 5.92. The van der Waals surface area contributed by atoms with Gasteiger partial charge in [-0.05, 0) is 49.9 Å². The maximum absolute atomic E-state index is 12.6. The van der Waals surface area contributed by atoms with E-state index in [0.717, 1.165) is 44.9 Å². The number of benzene rings is 1. The second kappa shape index (κ2) is 17.1. The zero-order valence-electron chi connectivity index (χ0n) is 19.8. The van der Waals surface area contributed by atoms with Crippen molar-refractivity contribution in [2.24, 2.45) is 0 Å². The number of carbonyl (C=O) groups excluding carboxylic acids is 1. The molecule has 2 unspecified atom stereocenters. The lowest BCUT2D eigenvalue weighted by Crippen LogP contribution is -2.31. The zero-order valence-corrected chi connectivity index (χ0v) is 19.8. The van der Waals surface area contributed by atoms with Gasteiger partial charge in [0.05, 0.1) is 17.2 Å². The summed E-state index contributed by atoms with van der Waals surface area (Å²) in [5, 5.41) is 28.4. The summed E-state index contributed by atoms with van der Waals surface area (Å²) < 4.78 is 5.64. The van der Waals surface area contributed by atoms with Crippen molar-refractivity contribution in [3.05, 3.63) is 35.4 Å². The molecule has 2 atom stereocenters. The number of ether oxygens (including phenoxy) is 1. The minimum atomic E-state index is -1.06. The molecule has 0 amide bonds. The molecular weight excluding hydrogens is 424 g/mol. The molecule has 0 aliphatic heterocycles. The van der Waals surface area contributed by atoms with Gasteiger partial charge in [-0.25, -0.2) is 9.59 Å². The molecule has 0 spiro atoms. The molecule has 33 heavy (non-hydrogen) atoms. The van der Waals surface area contributed by atoms with Gasteiger partial charge in [-0.2, -0.15) is 0 Å². The molecule has 186 valence electrons. The Kier molecular flexibility index (Phi) is 14.8. The number of carbonyl (C=O) groups is 3. The van der Waals surface area contributed by atoms with Crippen LogP contribution in [-0.4, -0.2) is 45.4 Å². The molecule has 1 aromatic rings. The molecular formula is C26H40O7. The number of hydrogen-bond acceptors (Lipinski definition) is 5. The van der Waals surface area contributed by atoms with Crippen LogP contribution in [-0.2, 0) is 9.53 Å². The van der Waals surface area contributed by atoms with Gasteiger partial charge in [0.2, 0.25) is 0 Å². The molecule has 0 bridgehead atoms. The van der Waals surface area contributed by atoms with Crippen molar-refractivity contribution in [2.45, 2.75) is 109 Å². The number of hydrogen-bond donors (Lipinski definition) is 3. The highest BCUT2D eigenvalue weighted by atomic mass is 16.6. The van der Waals surface area contributed by atoms with E-state index in [1.807, 2.05) is 0 Å². The summed E-state index contributed by atoms with van der Waals surface area (Å²) in [4.78, 5) is 34.2. The predicted molar refractivity (Wildman–Crippen MR) is 127 cm³/mol. The molecule has 0 saturated carbocycles. The van der Waals surface area contributed by atoms with Crippen LogP contribution in [0.2, 0.25) is 0 Å². The lowest BCUT2D eigenvalue weighted by molar-refractivity contribution is -0.137. The summed E-state index contributed by atoms with van der Waals surface area (Å²) in [6.45, 7) is 2.17. The summed E-state index contributed by atoms with van der Waals surface area (Å²) in [5.41, 5.74) is 0.347. The molecule has 0 aromatic heterocycles. The van der Waals surface area contributed by atoms with Gasteiger partial charge in [0.25, 0.3) is 0 Å². The third kappa shape index (κ3) is 13.0. The first kappa shape index (κ1) is 28.6. The number of aromatic carboxylic acids is 1. The maximum atomic E-state index is 12.6. The van der Waals surface area contributed by atoms with Gasteiger partial charge in [-0.1, -0.05) is 64.7 Å². The molecule has 0 aliphatic carbocycles. The summed E-state index contributed by atoms with van der Waals surface area (Å²) in [5.74, 6) is -2.41. The first-order valence-corrected chi connectivity index (χ1v) is 12.3. The van der Waals surface area contributed by atoms with E-state index in [9.17, 15) is 19.5 Å². The molecule has 7 nitrogen and oxygen atoms in total. The van der Waals surface area contributed by atoms with Crippen molar-refractivity contribution in [1.82, 2.24) is 0 Å². The van der Waals surface area contributed by atoms with Crippen LogP contribution in [0.15, 0.2) is 24.3 Å². The van der Waals surface area contributed by atoms with Crippen LogP contribution < -0.4 is 0 Å². The van der Waals surface area contributed by atoms with Crippen LogP contribution in [0.25, 0.3) is 0 Å². The summed E-state index contributed by atoms with van der Waals surface area (Å²) >= 11 is 0. The minimum absolute atomic E-state index is 0.0918. The van der Waals surface area contributed by atoms with Crippen LogP contribution in [0.5, 0.6) is 0 Å². The molecule has 0 aliphatic rings. The van der Waals surface area contributed by atoms with E-state index in [1.165, 1.54) is 43.5 Å². The number of carboxylic acid groups (broad SMARTS) is 2. The Balaban J connectivity index is 2.56. The van der Waals surface area contributed by atoms with Gasteiger partial charge in [0, 0.05) is 6.42 Å². The number of carboxylic acids is 2. The Morgan fingerprint density at radius 2 is 1.27 bits per heavy atom. The Bertz CT molecular complexity index is 699. The molecule has 3 N–H and O–H groups in total. The van der Waals surface area contributed by atoms with E-state index in [0.29, 0.717) is 19.3 Å². The minimum Gasteiger partial charge on any atom is -0.481 e. The fourth-order valence-corrected chi connectivity index (χ4v) is 3.76. The van der Waals surface area contributed by atoms with Gasteiger partial charge in [0.1, 0.15) is 6.10 Å². The normalized spacial score (nSPS) is 12.8. The molecule has 1 rings (SSSR count). The third-order valence-corrected chi connectivity index (χ3v) is 5.79. The quantitative estimate of drug-likeness (QED) is 0.174. The van der Waals surface area contributed by atoms with Crippen LogP contribution in [0.3, 0.4) is 0 Å². The SMILES string of the molecule is CCCCCCCCC(O)C(CCCCCCCC(=O)O)OC(=O)c1ccc(C(=O)O)cc1. The van der Waals surface area contributed by atoms with Crippen molar-refractivity contribution in [3.8, 4) is 0 Å². The Morgan fingerprint density at radius 1 is 0.758 bits per heavy atom. The molecule has 0 heterocycles. The van der Waals surface area contributed by atoms with Gasteiger partial charge >= 0.3 is 17.9 Å². The average molecular weight is 465 g/mol. The summed E-state index contributed by atoms with van der Waals surface area (Å²) in [6.07, 6.45) is 10.6. The molecule has 0 saturated heterocycles. The van der Waals surface area contributed by atoms with Crippen molar-refractivity contribution in [3.63, 3.8) is 0 Å². The Morgan fingerprint density at radius 3 is 1.85 bits per heavy atom. The standard InChI is InChI=1S/C26H40O7/c1-2-3-4-5-7-10-13-22(27)23(14-11-8-6-9-12-15-24(28)29)33-26(32)21-18-16-20(17-19-21)25(30)31/h16-19,22-23,27H,2-15H2,1H3,(H,28,29)(H,30,31). The molecule has 0 fully saturated rings. The van der Waals surface area contributed by atoms with E-state index in [4.69, 9.17) is 14.9 Å². The fourth-order valence-electron chi connectivity index (χ4n) is 3.76. The largest absolute Gasteiger partial charge is 0.481 e. The number of aliphatic carboxylic acids is 1. The van der Waals surface area contributed by atoms with Crippen molar-refractivity contribution in [1.29, 1.82) is 0 Å². The third-order valence-electron chi connectivity index (χ3n) is 5.79. The van der Waals surface area contributed by atoms with Crippen molar-refractivity contribution in [2.75, 3.05) is 0 Å². The van der Waals surface area contributed by atoms with Gasteiger partial charge in [0.15, 0.2) is 0 Å². The van der Waals surface area contributed by atoms with Crippen molar-refractivity contribution < 1.29 is 34.4 Å². The van der Waals surface area contributed by atoms with E-state index >= 15 is 0 Å². The summed E-state index contributed by atoms with van der Waals surface area (Å²) in [7, 11) is 0. The summed E-state index contributed by atoms with van der Waals surface area (Å²) in [6, 6.07) is 5.56. The number of aliphatic hydroxyl groups excluding tert-OH is 1. The second-order valence-corrected chi connectivity index (χ2v) is 8.65. The number of aliphatic hydroxyl groups is 1. The van der Waals surface area contributed by atoms with E-state index in [1.54, 1.807) is 0 Å². The average Bonchev–Trinajstić information content (AvgIpc) is 2.79. The van der Waals surface area contributed by atoms with E-state index in [2.05, 4.69) is 6.92 Å². The first-order valence-electron chi connectivity index (χ1n) is 12.3. The number of unbranched alkanes of at least 4 members (excludes halogenated alkanes) is 9.